The van der Waals surface area contributed by atoms with Crippen LogP contribution in [-0.2, 0) is 4.74 Å². The Kier molecular flexibility index (Phi) is 3.37. The molecule has 5 nitrogen and oxygen atoms in total. The molecule has 0 aliphatic carbocycles. The summed E-state index contributed by atoms with van der Waals surface area (Å²) < 4.78 is 11.5. The van der Waals surface area contributed by atoms with E-state index in [-0.39, 0.29) is 12.2 Å². The third kappa shape index (κ3) is 2.50. The first-order chi connectivity index (χ1) is 10.7. The third-order valence-corrected chi connectivity index (χ3v) is 4.77. The molecular formula is C17H21N3O2. The molecule has 0 N–H and O–H groups in total. The Hall–Kier alpha value is -1.88. The number of aryl methyl sites for hydroxylation is 2. The molecule has 0 radical (unpaired) electrons. The van der Waals surface area contributed by atoms with Gasteiger partial charge in [0.05, 0.1) is 6.10 Å². The normalized spacial score (nSPS) is 27.9. The highest BCUT2D eigenvalue weighted by molar-refractivity contribution is 5.48. The molecule has 3 atom stereocenters. The SMILES string of the molecule is Cc1ccc(N2CC[C@@H]3C[C@@H](c4nc(C)no4)O[C@H]3C2)cc1. The highest BCUT2D eigenvalue weighted by Gasteiger charge is 2.41. The number of ether oxygens (including phenoxy) is 1. The lowest BCUT2D eigenvalue weighted by molar-refractivity contribution is 0.0164. The van der Waals surface area contributed by atoms with Gasteiger partial charge in [0.2, 0.25) is 0 Å². The zero-order chi connectivity index (χ0) is 15.1. The summed E-state index contributed by atoms with van der Waals surface area (Å²) in [5, 5.41) is 3.87. The van der Waals surface area contributed by atoms with Crippen LogP contribution >= 0.6 is 0 Å². The minimum absolute atomic E-state index is 0.0332. The summed E-state index contributed by atoms with van der Waals surface area (Å²) in [5.74, 6) is 1.91. The summed E-state index contributed by atoms with van der Waals surface area (Å²) in [4.78, 5) is 6.74. The van der Waals surface area contributed by atoms with Crippen molar-refractivity contribution >= 4 is 5.69 Å². The van der Waals surface area contributed by atoms with Crippen molar-refractivity contribution in [1.82, 2.24) is 10.1 Å². The van der Waals surface area contributed by atoms with Gasteiger partial charge >= 0.3 is 0 Å². The minimum atomic E-state index is -0.0332. The number of anilines is 1. The first kappa shape index (κ1) is 13.8. The quantitative estimate of drug-likeness (QED) is 0.853. The number of hydrogen-bond acceptors (Lipinski definition) is 5. The number of benzene rings is 1. The Balaban J connectivity index is 1.46. The molecule has 2 aliphatic rings. The largest absolute Gasteiger partial charge is 0.369 e. The molecular weight excluding hydrogens is 278 g/mol. The summed E-state index contributed by atoms with van der Waals surface area (Å²) in [5.41, 5.74) is 2.58. The van der Waals surface area contributed by atoms with Crippen molar-refractivity contribution in [2.45, 2.75) is 38.9 Å². The predicted molar refractivity (Wildman–Crippen MR) is 82.8 cm³/mol. The van der Waals surface area contributed by atoms with Gasteiger partial charge in [-0.3, -0.25) is 0 Å². The number of rotatable bonds is 2. The van der Waals surface area contributed by atoms with E-state index < -0.39 is 0 Å². The van der Waals surface area contributed by atoms with E-state index in [1.165, 1.54) is 11.3 Å². The summed E-state index contributed by atoms with van der Waals surface area (Å²) in [6, 6.07) is 8.73. The number of aromatic nitrogens is 2. The minimum Gasteiger partial charge on any atom is -0.369 e. The van der Waals surface area contributed by atoms with Gasteiger partial charge in [-0.1, -0.05) is 22.9 Å². The second-order valence-electron chi connectivity index (χ2n) is 6.41. The molecule has 0 spiro atoms. The Morgan fingerprint density at radius 1 is 1.18 bits per heavy atom. The first-order valence-corrected chi connectivity index (χ1v) is 7.96. The van der Waals surface area contributed by atoms with Crippen molar-refractivity contribution in [2.24, 2.45) is 5.92 Å². The summed E-state index contributed by atoms with van der Waals surface area (Å²) in [6.07, 6.45) is 2.37. The van der Waals surface area contributed by atoms with E-state index in [1.54, 1.807) is 0 Å². The van der Waals surface area contributed by atoms with Crippen molar-refractivity contribution in [3.63, 3.8) is 0 Å². The van der Waals surface area contributed by atoms with Gasteiger partial charge in [0.25, 0.3) is 5.89 Å². The molecule has 5 heteroatoms. The molecule has 2 saturated heterocycles. The van der Waals surface area contributed by atoms with E-state index in [2.05, 4.69) is 46.2 Å². The Labute approximate surface area is 130 Å². The van der Waals surface area contributed by atoms with Crippen LogP contribution in [0.15, 0.2) is 28.8 Å². The summed E-state index contributed by atoms with van der Waals surface area (Å²) in [6.45, 7) is 5.99. The predicted octanol–water partition coefficient (Wildman–Crippen LogP) is 3.04. The molecule has 4 rings (SSSR count). The molecule has 22 heavy (non-hydrogen) atoms. The van der Waals surface area contributed by atoms with Crippen LogP contribution in [0.2, 0.25) is 0 Å². The Morgan fingerprint density at radius 2 is 2.00 bits per heavy atom. The molecule has 0 unspecified atom stereocenters. The Morgan fingerprint density at radius 3 is 2.73 bits per heavy atom. The van der Waals surface area contributed by atoms with Gasteiger partial charge in [0.1, 0.15) is 6.10 Å². The molecule has 1 aromatic carbocycles. The summed E-state index contributed by atoms with van der Waals surface area (Å²) >= 11 is 0. The van der Waals surface area contributed by atoms with Crippen LogP contribution in [0.1, 0.15) is 36.2 Å². The number of piperidine rings is 1. The fourth-order valence-electron chi connectivity index (χ4n) is 3.52. The highest BCUT2D eigenvalue weighted by atomic mass is 16.5. The van der Waals surface area contributed by atoms with E-state index in [4.69, 9.17) is 9.26 Å². The van der Waals surface area contributed by atoms with E-state index in [9.17, 15) is 0 Å². The van der Waals surface area contributed by atoms with Gasteiger partial charge < -0.3 is 14.2 Å². The zero-order valence-corrected chi connectivity index (χ0v) is 13.0. The van der Waals surface area contributed by atoms with E-state index in [0.717, 1.165) is 25.9 Å². The van der Waals surface area contributed by atoms with Crippen molar-refractivity contribution in [1.29, 1.82) is 0 Å². The second kappa shape index (κ2) is 5.39. The molecule has 2 aromatic rings. The maximum atomic E-state index is 6.20. The van der Waals surface area contributed by atoms with Crippen molar-refractivity contribution in [2.75, 3.05) is 18.0 Å². The molecule has 2 aliphatic heterocycles. The van der Waals surface area contributed by atoms with Gasteiger partial charge in [0.15, 0.2) is 5.82 Å². The molecule has 0 amide bonds. The average Bonchev–Trinajstić information content (AvgIpc) is 3.13. The molecule has 0 saturated carbocycles. The van der Waals surface area contributed by atoms with E-state index in [1.807, 2.05) is 6.92 Å². The first-order valence-electron chi connectivity index (χ1n) is 7.96. The van der Waals surface area contributed by atoms with E-state index in [0.29, 0.717) is 17.6 Å². The van der Waals surface area contributed by atoms with Crippen molar-refractivity contribution in [3.8, 4) is 0 Å². The fourth-order valence-corrected chi connectivity index (χ4v) is 3.52. The van der Waals surface area contributed by atoms with Crippen LogP contribution in [0.4, 0.5) is 5.69 Å². The smallest absolute Gasteiger partial charge is 0.255 e. The Bertz CT molecular complexity index is 652. The monoisotopic (exact) mass is 299 g/mol. The third-order valence-electron chi connectivity index (χ3n) is 4.77. The lowest BCUT2D eigenvalue weighted by Crippen LogP contribution is -2.42. The zero-order valence-electron chi connectivity index (χ0n) is 13.0. The van der Waals surface area contributed by atoms with Crippen LogP contribution in [-0.4, -0.2) is 29.3 Å². The maximum Gasteiger partial charge on any atom is 0.255 e. The topological polar surface area (TPSA) is 51.4 Å². The second-order valence-corrected chi connectivity index (χ2v) is 6.41. The average molecular weight is 299 g/mol. The maximum absolute atomic E-state index is 6.20. The van der Waals surface area contributed by atoms with Gasteiger partial charge in [-0.15, -0.1) is 0 Å². The summed E-state index contributed by atoms with van der Waals surface area (Å²) in [7, 11) is 0. The molecule has 116 valence electrons. The van der Waals surface area contributed by atoms with Gasteiger partial charge in [-0.25, -0.2) is 0 Å². The number of fused-ring (bicyclic) bond motifs is 1. The molecule has 1 aromatic heterocycles. The molecule has 3 heterocycles. The van der Waals surface area contributed by atoms with Gasteiger partial charge in [-0.2, -0.15) is 4.98 Å². The van der Waals surface area contributed by atoms with Crippen LogP contribution in [0.5, 0.6) is 0 Å². The highest BCUT2D eigenvalue weighted by Crippen LogP contribution is 2.41. The van der Waals surface area contributed by atoms with Crippen LogP contribution < -0.4 is 4.90 Å². The number of nitrogens with zero attached hydrogens (tertiary/aromatic N) is 3. The van der Waals surface area contributed by atoms with Crippen molar-refractivity contribution < 1.29 is 9.26 Å². The lowest BCUT2D eigenvalue weighted by atomic mass is 9.91. The van der Waals surface area contributed by atoms with Crippen molar-refractivity contribution in [3.05, 3.63) is 41.5 Å². The molecule has 2 fully saturated rings. The van der Waals surface area contributed by atoms with Crippen LogP contribution in [0.3, 0.4) is 0 Å². The standard InChI is InChI=1S/C17H21N3O2/c1-11-3-5-14(6-4-11)20-8-7-13-9-15(21-16(13)10-20)17-18-12(2)19-22-17/h3-6,13,15-16H,7-10H2,1-2H3/t13-,15+,16+/m1/s1. The van der Waals surface area contributed by atoms with Crippen LogP contribution in [0, 0.1) is 19.8 Å². The van der Waals surface area contributed by atoms with Crippen LogP contribution in [0.25, 0.3) is 0 Å². The lowest BCUT2D eigenvalue weighted by Gasteiger charge is -2.35. The van der Waals surface area contributed by atoms with Gasteiger partial charge in [0, 0.05) is 18.8 Å². The molecule has 0 bridgehead atoms. The fraction of sp³-hybridized carbons (Fsp3) is 0.529. The van der Waals surface area contributed by atoms with Gasteiger partial charge in [-0.05, 0) is 44.7 Å². The number of hydrogen-bond donors (Lipinski definition) is 0. The van der Waals surface area contributed by atoms with E-state index >= 15 is 0 Å².